The highest BCUT2D eigenvalue weighted by molar-refractivity contribution is 6.22. The van der Waals surface area contributed by atoms with Gasteiger partial charge in [0.15, 0.2) is 0 Å². The van der Waals surface area contributed by atoms with E-state index in [1.165, 1.54) is 100 Å². The Bertz CT molecular complexity index is 3150. The molecule has 8 aromatic rings. The summed E-state index contributed by atoms with van der Waals surface area (Å²) in [5.74, 6) is 0.331. The van der Waals surface area contributed by atoms with E-state index < -0.39 is 0 Å². The number of allylic oxidation sites excluding steroid dienone is 8. The first-order valence-corrected chi connectivity index (χ1v) is 22.3. The van der Waals surface area contributed by atoms with Crippen molar-refractivity contribution >= 4 is 32.8 Å². The zero-order chi connectivity index (χ0) is 41.6. The Kier molecular flexibility index (Phi) is 9.78. The topological polar surface area (TPSA) is 8.17 Å². The van der Waals surface area contributed by atoms with Crippen molar-refractivity contribution in [3.05, 3.63) is 234 Å². The van der Waals surface area contributed by atoms with Gasteiger partial charge in [0.25, 0.3) is 0 Å². The van der Waals surface area contributed by atoms with Crippen molar-refractivity contribution < 1.29 is 0 Å². The van der Waals surface area contributed by atoms with Crippen LogP contribution in [-0.4, -0.2) is 4.57 Å². The lowest BCUT2D eigenvalue weighted by atomic mass is 9.83. The quantitative estimate of drug-likeness (QED) is 0.139. The summed E-state index contributed by atoms with van der Waals surface area (Å²) in [5, 5.41) is 5.06. The molecule has 0 fully saturated rings. The molecule has 1 aromatic heterocycles. The highest BCUT2D eigenvalue weighted by Gasteiger charge is 2.33. The molecule has 0 radical (unpaired) electrons. The number of rotatable bonds is 8. The van der Waals surface area contributed by atoms with Gasteiger partial charge in [0, 0.05) is 28.7 Å². The van der Waals surface area contributed by atoms with Crippen LogP contribution in [0.15, 0.2) is 212 Å². The third-order valence-corrected chi connectivity index (χ3v) is 13.4. The fourth-order valence-corrected chi connectivity index (χ4v) is 10.4. The molecule has 2 heterocycles. The molecule has 2 heteroatoms. The summed E-state index contributed by atoms with van der Waals surface area (Å²) >= 11 is 0. The average molecular weight is 799 g/mol. The first-order chi connectivity index (χ1) is 30.6. The molecule has 0 saturated heterocycles. The van der Waals surface area contributed by atoms with Crippen LogP contribution >= 0.6 is 0 Å². The van der Waals surface area contributed by atoms with Crippen molar-refractivity contribution in [3.8, 4) is 39.2 Å². The Morgan fingerprint density at radius 1 is 0.516 bits per heavy atom. The van der Waals surface area contributed by atoms with E-state index in [2.05, 4.69) is 230 Å². The number of nitrogens with zero attached hydrogens (tertiary/aromatic N) is 2. The second-order valence-electron chi connectivity index (χ2n) is 17.1. The molecular formula is C60H50N2. The lowest BCUT2D eigenvalue weighted by molar-refractivity contribution is 0.669. The Balaban J connectivity index is 1.21. The van der Waals surface area contributed by atoms with E-state index in [0.717, 1.165) is 25.7 Å². The summed E-state index contributed by atoms with van der Waals surface area (Å²) in [7, 11) is 0. The maximum Gasteiger partial charge on any atom is 0.0623 e. The Hall–Kier alpha value is -7.16. The molecule has 11 rings (SSSR count). The molecule has 2 nitrogen and oxygen atoms in total. The van der Waals surface area contributed by atoms with Crippen LogP contribution in [0, 0.1) is 19.8 Å². The van der Waals surface area contributed by atoms with Gasteiger partial charge in [-0.2, -0.15) is 0 Å². The fourth-order valence-electron chi connectivity index (χ4n) is 10.4. The van der Waals surface area contributed by atoms with Crippen LogP contribution in [0.25, 0.3) is 66.3 Å². The van der Waals surface area contributed by atoms with Gasteiger partial charge in [0.1, 0.15) is 0 Å². The predicted molar refractivity (Wildman–Crippen MR) is 264 cm³/mol. The Morgan fingerprint density at radius 3 is 1.79 bits per heavy atom. The Labute approximate surface area is 365 Å². The molecule has 300 valence electrons. The van der Waals surface area contributed by atoms with E-state index in [-0.39, 0.29) is 6.04 Å². The third-order valence-electron chi connectivity index (χ3n) is 13.4. The molecule has 62 heavy (non-hydrogen) atoms. The molecule has 2 aliphatic carbocycles. The third kappa shape index (κ3) is 6.59. The van der Waals surface area contributed by atoms with Crippen LogP contribution in [0.1, 0.15) is 54.1 Å². The Morgan fingerprint density at radius 2 is 1.15 bits per heavy atom. The van der Waals surface area contributed by atoms with Gasteiger partial charge in [-0.1, -0.05) is 170 Å². The molecule has 0 saturated carbocycles. The second-order valence-corrected chi connectivity index (χ2v) is 17.1. The van der Waals surface area contributed by atoms with E-state index in [1.807, 2.05) is 0 Å². The minimum absolute atomic E-state index is 0.216. The van der Waals surface area contributed by atoms with Crippen LogP contribution in [0.2, 0.25) is 0 Å². The fraction of sp³-hybridized carbons (Fsp3) is 0.133. The SMILES string of the molecule is Cc1ccccc1-c1c2ccc(-n3c(C4=CC=CCC4)ccc3-c3ccccc3)cc2c(-c2ccccc2C)c2ccc(N3C(C4C=CC=CC4)=CCC3c3ccccc3)cc12. The van der Waals surface area contributed by atoms with E-state index in [4.69, 9.17) is 0 Å². The molecule has 3 aliphatic rings. The standard InChI is InChI=1S/C60H50N2/c1-41-19-15-17-29-49(41)59-51-33-31-48(62-57(45-25-11-5-12-26-45)37-38-58(62)46-27-13-6-14-28-46)40-54(51)60(50-30-18-16-20-42(50)2)52-34-32-47(39-53(52)59)61-55(43-21-7-3-8-22-43)35-36-56(61)44-23-9-4-10-24-44/h3-13,15-23,25-27,29-34,36-40,44,55H,14,24,28,35H2,1-2H3. The van der Waals surface area contributed by atoms with Crippen LogP contribution in [-0.2, 0) is 0 Å². The first-order valence-electron chi connectivity index (χ1n) is 22.3. The van der Waals surface area contributed by atoms with E-state index in [1.54, 1.807) is 0 Å². The molecule has 0 N–H and O–H groups in total. The molecule has 7 aromatic carbocycles. The van der Waals surface area contributed by atoms with Gasteiger partial charge < -0.3 is 9.47 Å². The number of anilines is 1. The average Bonchev–Trinajstić information content (AvgIpc) is 3.99. The summed E-state index contributed by atoms with van der Waals surface area (Å²) in [6.45, 7) is 4.53. The van der Waals surface area contributed by atoms with Crippen LogP contribution in [0.3, 0.4) is 0 Å². The van der Waals surface area contributed by atoms with Crippen molar-refractivity contribution in [1.82, 2.24) is 4.57 Å². The molecule has 0 spiro atoms. The van der Waals surface area contributed by atoms with E-state index in [0.29, 0.717) is 5.92 Å². The smallest absolute Gasteiger partial charge is 0.0623 e. The number of hydrogen-bond acceptors (Lipinski definition) is 1. The number of hydrogen-bond donors (Lipinski definition) is 0. The number of benzene rings is 7. The van der Waals surface area contributed by atoms with Gasteiger partial charge in [0.05, 0.1) is 11.7 Å². The molecule has 0 amide bonds. The summed E-state index contributed by atoms with van der Waals surface area (Å²) in [6.07, 6.45) is 22.5. The minimum Gasteiger partial charge on any atom is -0.337 e. The van der Waals surface area contributed by atoms with Gasteiger partial charge in [-0.25, -0.2) is 0 Å². The van der Waals surface area contributed by atoms with Crippen molar-refractivity contribution in [3.63, 3.8) is 0 Å². The first kappa shape index (κ1) is 37.8. The van der Waals surface area contributed by atoms with Gasteiger partial charge in [-0.05, 0) is 148 Å². The van der Waals surface area contributed by atoms with Crippen molar-refractivity contribution in [2.24, 2.45) is 5.92 Å². The van der Waals surface area contributed by atoms with Crippen molar-refractivity contribution in [2.45, 2.75) is 45.6 Å². The maximum atomic E-state index is 2.65. The second kappa shape index (κ2) is 16.0. The minimum atomic E-state index is 0.216. The normalized spacial score (nSPS) is 17.2. The lowest BCUT2D eigenvalue weighted by Gasteiger charge is -2.34. The maximum absolute atomic E-state index is 2.65. The largest absolute Gasteiger partial charge is 0.337 e. The summed E-state index contributed by atoms with van der Waals surface area (Å²) in [5.41, 5.74) is 17.8. The van der Waals surface area contributed by atoms with Crippen molar-refractivity contribution in [1.29, 1.82) is 0 Å². The molecule has 2 atom stereocenters. The summed E-state index contributed by atoms with van der Waals surface area (Å²) in [6, 6.07) is 59.3. The van der Waals surface area contributed by atoms with Gasteiger partial charge >= 0.3 is 0 Å². The number of aryl methyl sites for hydroxylation is 2. The van der Waals surface area contributed by atoms with Gasteiger partial charge in [-0.15, -0.1) is 0 Å². The lowest BCUT2D eigenvalue weighted by Crippen LogP contribution is -2.27. The van der Waals surface area contributed by atoms with Gasteiger partial charge in [-0.3, -0.25) is 0 Å². The van der Waals surface area contributed by atoms with E-state index in [9.17, 15) is 0 Å². The highest BCUT2D eigenvalue weighted by Crippen LogP contribution is 2.50. The number of aromatic nitrogens is 1. The van der Waals surface area contributed by atoms with E-state index >= 15 is 0 Å². The van der Waals surface area contributed by atoms with Crippen molar-refractivity contribution in [2.75, 3.05) is 4.90 Å². The zero-order valence-corrected chi connectivity index (χ0v) is 35.5. The molecule has 2 unspecified atom stereocenters. The molecule has 1 aliphatic heterocycles. The van der Waals surface area contributed by atoms with Crippen LogP contribution in [0.5, 0.6) is 0 Å². The van der Waals surface area contributed by atoms with Gasteiger partial charge in [0.2, 0.25) is 0 Å². The molecule has 0 bridgehead atoms. The monoisotopic (exact) mass is 798 g/mol. The zero-order valence-electron chi connectivity index (χ0n) is 35.5. The summed E-state index contributed by atoms with van der Waals surface area (Å²) in [4.78, 5) is 2.65. The highest BCUT2D eigenvalue weighted by atomic mass is 15.2. The molecular weight excluding hydrogens is 749 g/mol. The predicted octanol–water partition coefficient (Wildman–Crippen LogP) is 16.1. The number of fused-ring (bicyclic) bond motifs is 2. The summed E-state index contributed by atoms with van der Waals surface area (Å²) < 4.78 is 2.50. The van der Waals surface area contributed by atoms with Crippen LogP contribution in [0.4, 0.5) is 5.69 Å². The van der Waals surface area contributed by atoms with Crippen LogP contribution < -0.4 is 4.90 Å².